The van der Waals surface area contributed by atoms with Crippen molar-refractivity contribution in [2.24, 2.45) is 16.5 Å². The van der Waals surface area contributed by atoms with E-state index >= 15 is 0 Å². The number of rotatable bonds is 2. The van der Waals surface area contributed by atoms with Crippen LogP contribution in [0, 0.1) is 5.41 Å². The first-order chi connectivity index (χ1) is 5.31. The summed E-state index contributed by atoms with van der Waals surface area (Å²) in [5, 5.41) is 18.3. The second-order valence-electron chi connectivity index (χ2n) is 3.05. The molecule has 12 heavy (non-hydrogen) atoms. The molecule has 0 aromatic rings. The Bertz CT molecular complexity index is 193. The number of nitrogens with two attached hydrogens (primary N) is 2. The molecule has 0 rings (SSSR count). The number of nitrogens with zero attached hydrogens (tertiary/aromatic N) is 1. The highest BCUT2D eigenvalue weighted by Crippen LogP contribution is 1.99. The molecule has 0 aliphatic rings. The van der Waals surface area contributed by atoms with Crippen molar-refractivity contribution in [2.45, 2.75) is 19.4 Å². The summed E-state index contributed by atoms with van der Waals surface area (Å²) < 4.78 is 0. The lowest BCUT2D eigenvalue weighted by molar-refractivity contribution is 0.0903. The summed E-state index contributed by atoms with van der Waals surface area (Å²) in [4.78, 5) is 3.75. The molecule has 0 saturated heterocycles. The van der Waals surface area contributed by atoms with E-state index in [4.69, 9.17) is 16.9 Å². The molecular weight excluding hydrogens is 158 g/mol. The van der Waals surface area contributed by atoms with Crippen molar-refractivity contribution in [3.8, 4) is 0 Å². The van der Waals surface area contributed by atoms with Crippen LogP contribution in [0.4, 0.5) is 0 Å². The van der Waals surface area contributed by atoms with Gasteiger partial charge >= 0.3 is 0 Å². The Hall–Kier alpha value is -1.30. The van der Waals surface area contributed by atoms with E-state index in [1.54, 1.807) is 13.8 Å². The van der Waals surface area contributed by atoms with E-state index in [1.165, 1.54) is 0 Å². The molecule has 0 heterocycles. The maximum atomic E-state index is 9.23. The van der Waals surface area contributed by atoms with Crippen molar-refractivity contribution >= 4 is 11.9 Å². The molecule has 0 fully saturated rings. The van der Waals surface area contributed by atoms with E-state index in [0.29, 0.717) is 0 Å². The molecule has 6 heteroatoms. The third-order valence-electron chi connectivity index (χ3n) is 0.899. The summed E-state index contributed by atoms with van der Waals surface area (Å²) in [6.07, 6.45) is 0. The summed E-state index contributed by atoms with van der Waals surface area (Å²) in [7, 11) is 0. The van der Waals surface area contributed by atoms with Gasteiger partial charge < -0.3 is 16.6 Å². The molecule has 0 radical (unpaired) electrons. The number of aliphatic hydroxyl groups is 1. The van der Waals surface area contributed by atoms with Gasteiger partial charge in [-0.25, -0.2) is 0 Å². The van der Waals surface area contributed by atoms with Crippen LogP contribution in [-0.2, 0) is 0 Å². The Morgan fingerprint density at radius 1 is 1.58 bits per heavy atom. The molecule has 0 amide bonds. The Morgan fingerprint density at radius 3 is 2.42 bits per heavy atom. The van der Waals surface area contributed by atoms with Crippen molar-refractivity contribution in [1.82, 2.24) is 5.32 Å². The largest absolute Gasteiger partial charge is 0.389 e. The molecule has 0 saturated carbocycles. The summed E-state index contributed by atoms with van der Waals surface area (Å²) in [6, 6.07) is 0. The Balaban J connectivity index is 3.93. The van der Waals surface area contributed by atoms with Crippen LogP contribution in [0.3, 0.4) is 0 Å². The van der Waals surface area contributed by atoms with E-state index in [1.807, 2.05) is 0 Å². The summed E-state index contributed by atoms with van der Waals surface area (Å²) >= 11 is 0. The van der Waals surface area contributed by atoms with Crippen molar-refractivity contribution < 1.29 is 5.11 Å². The van der Waals surface area contributed by atoms with E-state index in [0.717, 1.165) is 0 Å². The van der Waals surface area contributed by atoms with E-state index in [9.17, 15) is 5.11 Å². The molecular formula is C6H15N5O. The third kappa shape index (κ3) is 6.81. The lowest BCUT2D eigenvalue weighted by Gasteiger charge is -2.13. The van der Waals surface area contributed by atoms with Crippen LogP contribution < -0.4 is 16.8 Å². The zero-order valence-corrected chi connectivity index (χ0v) is 7.26. The highest BCUT2D eigenvalue weighted by Gasteiger charge is 2.10. The van der Waals surface area contributed by atoms with Gasteiger partial charge in [0.05, 0.1) is 12.1 Å². The van der Waals surface area contributed by atoms with Gasteiger partial charge in [0.15, 0.2) is 11.9 Å². The molecule has 0 unspecified atom stereocenters. The molecule has 70 valence electrons. The number of aliphatic imine (C=N–C) groups is 1. The summed E-state index contributed by atoms with van der Waals surface area (Å²) in [5.41, 5.74) is 9.37. The summed E-state index contributed by atoms with van der Waals surface area (Å²) in [5.74, 6) is -0.239. The lowest BCUT2D eigenvalue weighted by atomic mass is 10.1. The van der Waals surface area contributed by atoms with Gasteiger partial charge in [-0.2, -0.15) is 0 Å². The molecule has 6 nitrogen and oxygen atoms in total. The Morgan fingerprint density at radius 2 is 2.08 bits per heavy atom. The lowest BCUT2D eigenvalue weighted by Crippen LogP contribution is -2.41. The molecule has 7 N–H and O–H groups in total. The average molecular weight is 173 g/mol. The number of nitrogens with one attached hydrogen (secondary N) is 2. The van der Waals surface area contributed by atoms with Crippen LogP contribution in [0.25, 0.3) is 0 Å². The highest BCUT2D eigenvalue weighted by atomic mass is 16.3. The quantitative estimate of drug-likeness (QED) is 0.259. The zero-order valence-electron chi connectivity index (χ0n) is 7.26. The fourth-order valence-electron chi connectivity index (χ4n) is 0.456. The van der Waals surface area contributed by atoms with Crippen molar-refractivity contribution in [3.63, 3.8) is 0 Å². The van der Waals surface area contributed by atoms with Gasteiger partial charge in [-0.05, 0) is 13.8 Å². The van der Waals surface area contributed by atoms with Gasteiger partial charge in [-0.3, -0.25) is 15.7 Å². The topological polar surface area (TPSA) is 121 Å². The highest BCUT2D eigenvalue weighted by molar-refractivity contribution is 5.95. The average Bonchev–Trinajstić information content (AvgIpc) is 1.80. The van der Waals surface area contributed by atoms with Crippen LogP contribution in [0.15, 0.2) is 4.99 Å². The summed E-state index contributed by atoms with van der Waals surface area (Å²) in [6.45, 7) is 3.38. The molecule has 0 aromatic heterocycles. The van der Waals surface area contributed by atoms with E-state index < -0.39 is 5.60 Å². The number of hydrogen-bond donors (Lipinski definition) is 5. The van der Waals surface area contributed by atoms with E-state index in [-0.39, 0.29) is 18.5 Å². The van der Waals surface area contributed by atoms with Gasteiger partial charge in [0.25, 0.3) is 0 Å². The van der Waals surface area contributed by atoms with Gasteiger partial charge in [0.1, 0.15) is 0 Å². The van der Waals surface area contributed by atoms with Crippen LogP contribution in [0.2, 0.25) is 0 Å². The SMILES string of the molecule is CC(C)(O)CN=C(N)NC(=N)N. The van der Waals surface area contributed by atoms with Crippen molar-refractivity contribution in [1.29, 1.82) is 5.41 Å². The van der Waals surface area contributed by atoms with Crippen LogP contribution >= 0.6 is 0 Å². The van der Waals surface area contributed by atoms with Crippen LogP contribution in [0.1, 0.15) is 13.8 Å². The predicted octanol–water partition coefficient (Wildman–Crippen LogP) is -1.44. The van der Waals surface area contributed by atoms with Gasteiger partial charge in [0.2, 0.25) is 0 Å². The minimum Gasteiger partial charge on any atom is -0.389 e. The maximum Gasteiger partial charge on any atom is 0.195 e. The Labute approximate surface area is 71.2 Å². The van der Waals surface area contributed by atoms with Crippen LogP contribution in [0.5, 0.6) is 0 Å². The number of guanidine groups is 2. The second kappa shape index (κ2) is 3.91. The van der Waals surface area contributed by atoms with Gasteiger partial charge in [0, 0.05) is 0 Å². The monoisotopic (exact) mass is 173 g/mol. The molecule has 0 aliphatic heterocycles. The first kappa shape index (κ1) is 10.7. The van der Waals surface area contributed by atoms with Crippen molar-refractivity contribution in [2.75, 3.05) is 6.54 Å². The van der Waals surface area contributed by atoms with Gasteiger partial charge in [-0.15, -0.1) is 0 Å². The predicted molar refractivity (Wildman–Crippen MR) is 47.8 cm³/mol. The fraction of sp³-hybridized carbons (Fsp3) is 0.667. The minimum atomic E-state index is -0.900. The molecule has 0 spiro atoms. The molecule has 0 aromatic carbocycles. The van der Waals surface area contributed by atoms with Crippen molar-refractivity contribution in [3.05, 3.63) is 0 Å². The smallest absolute Gasteiger partial charge is 0.195 e. The first-order valence-corrected chi connectivity index (χ1v) is 3.44. The fourth-order valence-corrected chi connectivity index (χ4v) is 0.456. The second-order valence-corrected chi connectivity index (χ2v) is 3.05. The first-order valence-electron chi connectivity index (χ1n) is 3.44. The molecule has 0 aliphatic carbocycles. The minimum absolute atomic E-state index is 0.0321. The van der Waals surface area contributed by atoms with Gasteiger partial charge in [-0.1, -0.05) is 0 Å². The molecule has 0 atom stereocenters. The molecule has 0 bridgehead atoms. The van der Waals surface area contributed by atoms with Crippen LogP contribution in [-0.4, -0.2) is 29.2 Å². The van der Waals surface area contributed by atoms with E-state index in [2.05, 4.69) is 10.3 Å². The third-order valence-corrected chi connectivity index (χ3v) is 0.899. The normalized spacial score (nSPS) is 12.8. The standard InChI is InChI=1S/C6H15N5O/c1-6(2,12)3-10-5(9)11-4(7)8/h12H,3H2,1-2H3,(H6,7,8,9,10,11). The zero-order chi connectivity index (χ0) is 9.78. The maximum absolute atomic E-state index is 9.23. The number of hydrogen-bond acceptors (Lipinski definition) is 3. The Kier molecular flexibility index (Phi) is 3.49.